The summed E-state index contributed by atoms with van der Waals surface area (Å²) in [5, 5.41) is 0. The lowest BCUT2D eigenvalue weighted by Gasteiger charge is -2.14. The lowest BCUT2D eigenvalue weighted by molar-refractivity contribution is 0.0555. The Kier molecular flexibility index (Phi) is 4.48. The minimum atomic E-state index is -0.534. The van der Waals surface area contributed by atoms with Crippen LogP contribution in [0.25, 0.3) is 0 Å². The first-order valence-corrected chi connectivity index (χ1v) is 5.73. The Hall–Kier alpha value is -1.84. The zero-order chi connectivity index (χ0) is 13.9. The van der Waals surface area contributed by atoms with Crippen molar-refractivity contribution in [1.29, 1.82) is 0 Å². The van der Waals surface area contributed by atoms with Gasteiger partial charge < -0.3 is 9.47 Å². The molecular weight excluding hydrogens is 232 g/mol. The van der Waals surface area contributed by atoms with Gasteiger partial charge in [0.2, 0.25) is 0 Å². The third kappa shape index (κ3) is 2.70. The lowest BCUT2D eigenvalue weighted by Crippen LogP contribution is -2.13. The quantitative estimate of drug-likeness (QED) is 0.774. The zero-order valence-electron chi connectivity index (χ0n) is 11.4. The van der Waals surface area contributed by atoms with Crippen LogP contribution in [-0.2, 0) is 9.47 Å². The molecule has 0 aromatic heterocycles. The molecule has 0 spiro atoms. The average molecular weight is 250 g/mol. The molecule has 18 heavy (non-hydrogen) atoms. The van der Waals surface area contributed by atoms with E-state index in [0.717, 1.165) is 11.1 Å². The fourth-order valence-corrected chi connectivity index (χ4v) is 1.90. The summed E-state index contributed by atoms with van der Waals surface area (Å²) in [4.78, 5) is 23.4. The average Bonchev–Trinajstić information content (AvgIpc) is 2.36. The van der Waals surface area contributed by atoms with Crippen molar-refractivity contribution >= 4 is 11.9 Å². The third-order valence-electron chi connectivity index (χ3n) is 2.84. The van der Waals surface area contributed by atoms with Crippen molar-refractivity contribution < 1.29 is 19.1 Å². The number of aryl methyl sites for hydroxylation is 1. The molecule has 4 nitrogen and oxygen atoms in total. The summed E-state index contributed by atoms with van der Waals surface area (Å²) in [6, 6.07) is 3.38. The number of carbonyl (C=O) groups excluding carboxylic acids is 2. The molecule has 0 saturated carbocycles. The van der Waals surface area contributed by atoms with Gasteiger partial charge in [-0.25, -0.2) is 9.59 Å². The molecule has 0 bridgehead atoms. The van der Waals surface area contributed by atoms with Crippen molar-refractivity contribution in [3.63, 3.8) is 0 Å². The molecule has 0 heterocycles. The lowest BCUT2D eigenvalue weighted by atomic mass is 9.92. The molecule has 0 aliphatic carbocycles. The Balaban J connectivity index is 3.46. The van der Waals surface area contributed by atoms with E-state index in [2.05, 4.69) is 4.74 Å². The number of esters is 2. The molecule has 0 unspecified atom stereocenters. The van der Waals surface area contributed by atoms with Crippen LogP contribution >= 0.6 is 0 Å². The van der Waals surface area contributed by atoms with Crippen molar-refractivity contribution in [2.24, 2.45) is 0 Å². The Morgan fingerprint density at radius 2 is 1.44 bits per heavy atom. The second-order valence-electron chi connectivity index (χ2n) is 4.39. The smallest absolute Gasteiger partial charge is 0.338 e. The molecule has 0 aliphatic heterocycles. The van der Waals surface area contributed by atoms with Gasteiger partial charge >= 0.3 is 11.9 Å². The predicted octanol–water partition coefficient (Wildman–Crippen LogP) is 2.69. The molecule has 0 atom stereocenters. The maximum atomic E-state index is 11.7. The molecular formula is C14H18O4. The van der Waals surface area contributed by atoms with E-state index in [0.29, 0.717) is 0 Å². The third-order valence-corrected chi connectivity index (χ3v) is 2.84. The Morgan fingerprint density at radius 3 is 1.83 bits per heavy atom. The molecule has 0 N–H and O–H groups in total. The van der Waals surface area contributed by atoms with Crippen LogP contribution < -0.4 is 0 Å². The van der Waals surface area contributed by atoms with Gasteiger partial charge in [-0.05, 0) is 36.1 Å². The topological polar surface area (TPSA) is 52.6 Å². The van der Waals surface area contributed by atoms with Crippen LogP contribution in [-0.4, -0.2) is 26.2 Å². The van der Waals surface area contributed by atoms with Gasteiger partial charge in [0, 0.05) is 0 Å². The molecule has 0 aliphatic rings. The fourth-order valence-electron chi connectivity index (χ4n) is 1.90. The van der Waals surface area contributed by atoms with Crippen LogP contribution in [0.4, 0.5) is 0 Å². The standard InChI is InChI=1S/C14H18O4/c1-8(2)10-7-12(14(16)18-5)11(6-9(10)3)13(15)17-4/h6-8H,1-5H3. The Bertz CT molecular complexity index is 475. The van der Waals surface area contributed by atoms with Crippen molar-refractivity contribution in [3.05, 3.63) is 34.4 Å². The van der Waals surface area contributed by atoms with E-state index in [4.69, 9.17) is 4.74 Å². The van der Waals surface area contributed by atoms with Crippen LogP contribution in [0.5, 0.6) is 0 Å². The monoisotopic (exact) mass is 250 g/mol. The Labute approximate surface area is 107 Å². The molecule has 0 radical (unpaired) electrons. The molecule has 1 aromatic carbocycles. The summed E-state index contributed by atoms with van der Waals surface area (Å²) in [5.41, 5.74) is 2.46. The zero-order valence-corrected chi connectivity index (χ0v) is 11.4. The van der Waals surface area contributed by atoms with Crippen LogP contribution in [0.2, 0.25) is 0 Å². The van der Waals surface area contributed by atoms with Crippen molar-refractivity contribution in [3.8, 4) is 0 Å². The second kappa shape index (κ2) is 5.67. The number of rotatable bonds is 3. The molecule has 1 aromatic rings. The fraction of sp³-hybridized carbons (Fsp3) is 0.429. The van der Waals surface area contributed by atoms with Crippen molar-refractivity contribution in [1.82, 2.24) is 0 Å². The number of hydrogen-bond acceptors (Lipinski definition) is 4. The highest BCUT2D eigenvalue weighted by Gasteiger charge is 2.21. The van der Waals surface area contributed by atoms with Crippen LogP contribution in [0, 0.1) is 6.92 Å². The summed E-state index contributed by atoms with van der Waals surface area (Å²) >= 11 is 0. The van der Waals surface area contributed by atoms with E-state index in [1.807, 2.05) is 20.8 Å². The van der Waals surface area contributed by atoms with Crippen LogP contribution in [0.1, 0.15) is 51.6 Å². The van der Waals surface area contributed by atoms with E-state index < -0.39 is 11.9 Å². The number of carbonyl (C=O) groups is 2. The van der Waals surface area contributed by atoms with Gasteiger partial charge in [0.15, 0.2) is 0 Å². The highest BCUT2D eigenvalue weighted by molar-refractivity contribution is 6.03. The molecule has 0 amide bonds. The number of benzene rings is 1. The summed E-state index contributed by atoms with van der Waals surface area (Å²) in [6.07, 6.45) is 0. The number of methoxy groups -OCH3 is 2. The van der Waals surface area contributed by atoms with Crippen molar-refractivity contribution in [2.45, 2.75) is 26.7 Å². The maximum absolute atomic E-state index is 11.7. The van der Waals surface area contributed by atoms with E-state index in [1.54, 1.807) is 12.1 Å². The van der Waals surface area contributed by atoms with Gasteiger partial charge in [-0.1, -0.05) is 13.8 Å². The summed E-state index contributed by atoms with van der Waals surface area (Å²) in [6.45, 7) is 5.96. The molecule has 0 saturated heterocycles. The second-order valence-corrected chi connectivity index (χ2v) is 4.39. The first-order chi connectivity index (χ1) is 8.42. The highest BCUT2D eigenvalue weighted by atomic mass is 16.5. The van der Waals surface area contributed by atoms with Gasteiger partial charge in [-0.2, -0.15) is 0 Å². The van der Waals surface area contributed by atoms with Crippen molar-refractivity contribution in [2.75, 3.05) is 14.2 Å². The van der Waals surface area contributed by atoms with E-state index >= 15 is 0 Å². The van der Waals surface area contributed by atoms with Crippen LogP contribution in [0.3, 0.4) is 0 Å². The molecule has 1 rings (SSSR count). The molecule has 98 valence electrons. The Morgan fingerprint density at radius 1 is 1.00 bits per heavy atom. The molecule has 0 fully saturated rings. The minimum Gasteiger partial charge on any atom is -0.465 e. The number of hydrogen-bond donors (Lipinski definition) is 0. The number of ether oxygens (including phenoxy) is 2. The highest BCUT2D eigenvalue weighted by Crippen LogP contribution is 2.24. The van der Waals surface area contributed by atoms with E-state index in [9.17, 15) is 9.59 Å². The van der Waals surface area contributed by atoms with Gasteiger partial charge in [0.05, 0.1) is 25.3 Å². The maximum Gasteiger partial charge on any atom is 0.338 e. The van der Waals surface area contributed by atoms with Gasteiger partial charge in [0.1, 0.15) is 0 Å². The molecule has 4 heteroatoms. The summed E-state index contributed by atoms with van der Waals surface area (Å²) in [5.74, 6) is -0.800. The summed E-state index contributed by atoms with van der Waals surface area (Å²) < 4.78 is 9.38. The van der Waals surface area contributed by atoms with Crippen LogP contribution in [0.15, 0.2) is 12.1 Å². The first kappa shape index (κ1) is 14.2. The first-order valence-electron chi connectivity index (χ1n) is 5.73. The minimum absolute atomic E-state index is 0.242. The normalized spacial score (nSPS) is 10.3. The van der Waals surface area contributed by atoms with Gasteiger partial charge in [-0.15, -0.1) is 0 Å². The predicted molar refractivity (Wildman–Crippen MR) is 67.9 cm³/mol. The summed E-state index contributed by atoms with van der Waals surface area (Å²) in [7, 11) is 2.58. The SMILES string of the molecule is COC(=O)c1cc(C)c(C(C)C)cc1C(=O)OC. The van der Waals surface area contributed by atoms with E-state index in [1.165, 1.54) is 14.2 Å². The van der Waals surface area contributed by atoms with Gasteiger partial charge in [-0.3, -0.25) is 0 Å². The van der Waals surface area contributed by atoms with Gasteiger partial charge in [0.25, 0.3) is 0 Å². The largest absolute Gasteiger partial charge is 0.465 e. The van der Waals surface area contributed by atoms with E-state index in [-0.39, 0.29) is 17.0 Å².